The van der Waals surface area contributed by atoms with Crippen molar-refractivity contribution >= 4 is 40.5 Å². The molecule has 1 aliphatic rings. The SMILES string of the molecule is CN[C@H]1CCCC[C@@H]1NC.Cc1ccc(-n2ccnn2)c(C(=O)O)c1.Cc1ccc(-n2nccn2)c(C(=O)O)c1.Cc1ccc(I)c(C(=O)O)c1. The van der Waals surface area contributed by atoms with E-state index in [1.54, 1.807) is 42.6 Å². The zero-order valence-electron chi connectivity index (χ0n) is 29.1. The molecular formula is C36H43IN8O6. The average Bonchev–Trinajstić information content (AvgIpc) is 3.86. The third-order valence-electron chi connectivity index (χ3n) is 7.93. The first kappa shape index (κ1) is 40.4. The van der Waals surface area contributed by atoms with Gasteiger partial charge in [-0.25, -0.2) is 19.1 Å². The summed E-state index contributed by atoms with van der Waals surface area (Å²) in [4.78, 5) is 33.9. The van der Waals surface area contributed by atoms with Crippen molar-refractivity contribution in [3.8, 4) is 11.4 Å². The van der Waals surface area contributed by atoms with Crippen LogP contribution in [0.1, 0.15) is 73.4 Å². The Hall–Kier alpha value is -5.00. The minimum atomic E-state index is -0.981. The first-order chi connectivity index (χ1) is 24.4. The Kier molecular flexibility index (Phi) is 15.9. The lowest BCUT2D eigenvalue weighted by Gasteiger charge is -2.30. The van der Waals surface area contributed by atoms with E-state index in [0.717, 1.165) is 20.3 Å². The van der Waals surface area contributed by atoms with Crippen LogP contribution in [0, 0.1) is 24.3 Å². The summed E-state index contributed by atoms with van der Waals surface area (Å²) in [5.74, 6) is -2.81. The van der Waals surface area contributed by atoms with Crippen LogP contribution in [-0.4, -0.2) is 89.4 Å². The molecule has 2 heterocycles. The molecule has 0 saturated heterocycles. The summed E-state index contributed by atoms with van der Waals surface area (Å²) in [5, 5.41) is 48.6. The highest BCUT2D eigenvalue weighted by Gasteiger charge is 2.21. The fourth-order valence-corrected chi connectivity index (χ4v) is 5.88. The van der Waals surface area contributed by atoms with Crippen molar-refractivity contribution in [2.75, 3.05) is 14.1 Å². The number of hydrogen-bond donors (Lipinski definition) is 5. The van der Waals surface area contributed by atoms with Crippen molar-refractivity contribution in [1.29, 1.82) is 0 Å². The van der Waals surface area contributed by atoms with Gasteiger partial charge in [0, 0.05) is 15.7 Å². The van der Waals surface area contributed by atoms with E-state index in [9.17, 15) is 14.4 Å². The number of aromatic nitrogens is 6. The molecule has 1 saturated carbocycles. The van der Waals surface area contributed by atoms with E-state index in [2.05, 4.69) is 45.2 Å². The van der Waals surface area contributed by atoms with E-state index >= 15 is 0 Å². The fraction of sp³-hybridized carbons (Fsp3) is 0.306. The van der Waals surface area contributed by atoms with Gasteiger partial charge < -0.3 is 26.0 Å². The number of aryl methyl sites for hydroxylation is 3. The van der Waals surface area contributed by atoms with Gasteiger partial charge in [0.25, 0.3) is 0 Å². The normalized spacial score (nSPS) is 14.8. The first-order valence-electron chi connectivity index (χ1n) is 16.1. The number of carboxylic acid groups (broad SMARTS) is 3. The smallest absolute Gasteiger partial charge is 0.337 e. The van der Waals surface area contributed by atoms with Crippen LogP contribution in [0.5, 0.6) is 0 Å². The highest BCUT2D eigenvalue weighted by molar-refractivity contribution is 14.1. The van der Waals surface area contributed by atoms with E-state index in [1.807, 2.05) is 61.6 Å². The Morgan fingerprint density at radius 2 is 1.14 bits per heavy atom. The highest BCUT2D eigenvalue weighted by Crippen LogP contribution is 2.18. The molecule has 15 heteroatoms. The summed E-state index contributed by atoms with van der Waals surface area (Å²) >= 11 is 2.01. The Morgan fingerprint density at radius 1 is 0.686 bits per heavy atom. The number of aromatic carboxylic acids is 3. The number of benzene rings is 3. The Balaban J connectivity index is 0.000000187. The van der Waals surface area contributed by atoms with Crippen LogP contribution in [0.25, 0.3) is 11.4 Å². The van der Waals surface area contributed by atoms with Gasteiger partial charge in [-0.15, -0.1) is 5.10 Å². The molecule has 0 spiro atoms. The Morgan fingerprint density at radius 3 is 1.57 bits per heavy atom. The molecule has 0 aliphatic heterocycles. The van der Waals surface area contributed by atoms with Crippen LogP contribution in [0.3, 0.4) is 0 Å². The third-order valence-corrected chi connectivity index (χ3v) is 8.87. The summed E-state index contributed by atoms with van der Waals surface area (Å²) in [6.07, 6.45) is 11.6. The molecule has 2 atom stereocenters. The minimum Gasteiger partial charge on any atom is -0.478 e. The molecule has 1 fully saturated rings. The van der Waals surface area contributed by atoms with Gasteiger partial charge in [-0.05, 0) is 107 Å². The Bertz CT molecular complexity index is 1780. The average molecular weight is 811 g/mol. The van der Waals surface area contributed by atoms with Gasteiger partial charge >= 0.3 is 17.9 Å². The van der Waals surface area contributed by atoms with E-state index in [-0.39, 0.29) is 11.1 Å². The molecule has 0 amide bonds. The van der Waals surface area contributed by atoms with Crippen molar-refractivity contribution in [3.63, 3.8) is 0 Å². The molecule has 270 valence electrons. The molecule has 5 aromatic rings. The first-order valence-corrected chi connectivity index (χ1v) is 17.2. The number of carboxylic acids is 3. The number of carbonyl (C=O) groups is 3. The number of likely N-dealkylation sites (N-methyl/N-ethyl adjacent to an activating group) is 2. The molecular weight excluding hydrogens is 767 g/mol. The monoisotopic (exact) mass is 810 g/mol. The summed E-state index contributed by atoms with van der Waals surface area (Å²) < 4.78 is 2.21. The molecule has 0 bridgehead atoms. The van der Waals surface area contributed by atoms with E-state index in [1.165, 1.54) is 53.8 Å². The molecule has 0 radical (unpaired) electrons. The van der Waals surface area contributed by atoms with Crippen LogP contribution < -0.4 is 10.6 Å². The molecule has 3 aromatic carbocycles. The number of rotatable bonds is 7. The maximum absolute atomic E-state index is 11.0. The largest absolute Gasteiger partial charge is 0.478 e. The van der Waals surface area contributed by atoms with Gasteiger partial charge in [0.15, 0.2) is 0 Å². The van der Waals surface area contributed by atoms with Gasteiger partial charge in [0.2, 0.25) is 0 Å². The second-order valence-electron chi connectivity index (χ2n) is 11.7. The predicted molar refractivity (Wildman–Crippen MR) is 201 cm³/mol. The van der Waals surface area contributed by atoms with Gasteiger partial charge in [-0.1, -0.05) is 52.9 Å². The third kappa shape index (κ3) is 12.1. The molecule has 1 aliphatic carbocycles. The Labute approximate surface area is 310 Å². The predicted octanol–water partition coefficient (Wildman–Crippen LogP) is 5.58. The molecule has 6 rings (SSSR count). The van der Waals surface area contributed by atoms with Gasteiger partial charge in [-0.3, -0.25) is 0 Å². The second kappa shape index (κ2) is 20.0. The molecule has 5 N–H and O–H groups in total. The minimum absolute atomic E-state index is 0.200. The van der Waals surface area contributed by atoms with Crippen molar-refractivity contribution in [2.24, 2.45) is 0 Å². The standard InChI is InChI=1S/2C10H9N3O2.C8H7IO2.C8H18N2/c1-7-2-3-9(8(6-7)10(14)15)13-5-4-11-12-13;1-7-2-3-9(8(6-7)10(14)15)13-11-4-5-12-13;1-5-2-3-7(9)6(4-5)8(10)11;1-9-7-5-3-4-6-8(7)10-2/h2*2-6H,1H3,(H,14,15);2-4H,1H3,(H,10,11);7-10H,3-6H2,1-2H3/t;;;7-,8-/m...0/s1. The van der Waals surface area contributed by atoms with Crippen LogP contribution in [0.2, 0.25) is 0 Å². The summed E-state index contributed by atoms with van der Waals surface area (Å²) in [7, 11) is 4.11. The van der Waals surface area contributed by atoms with Crippen LogP contribution in [0.4, 0.5) is 0 Å². The molecule has 14 nitrogen and oxygen atoms in total. The molecule has 0 unspecified atom stereocenters. The topological polar surface area (TPSA) is 197 Å². The van der Waals surface area contributed by atoms with Crippen molar-refractivity contribution in [3.05, 3.63) is 116 Å². The van der Waals surface area contributed by atoms with Gasteiger partial charge in [-0.2, -0.15) is 15.0 Å². The number of nitrogens with one attached hydrogen (secondary N) is 2. The quantitative estimate of drug-likeness (QED) is 0.128. The van der Waals surface area contributed by atoms with Crippen LogP contribution >= 0.6 is 22.6 Å². The van der Waals surface area contributed by atoms with Gasteiger partial charge in [0.1, 0.15) is 5.69 Å². The fourth-order valence-electron chi connectivity index (χ4n) is 5.32. The molecule has 51 heavy (non-hydrogen) atoms. The second-order valence-corrected chi connectivity index (χ2v) is 12.8. The zero-order chi connectivity index (χ0) is 37.5. The van der Waals surface area contributed by atoms with Crippen molar-refractivity contribution < 1.29 is 29.7 Å². The lowest BCUT2D eigenvalue weighted by atomic mass is 9.91. The number of nitrogens with zero attached hydrogens (tertiary/aromatic N) is 6. The number of hydrogen-bond acceptors (Lipinski definition) is 9. The summed E-state index contributed by atoms with van der Waals surface area (Å²) in [6.45, 7) is 5.56. The maximum atomic E-state index is 11.0. The number of halogens is 1. The lowest BCUT2D eigenvalue weighted by molar-refractivity contribution is 0.0685. The highest BCUT2D eigenvalue weighted by atomic mass is 127. The van der Waals surface area contributed by atoms with Crippen molar-refractivity contribution in [1.82, 2.24) is 40.6 Å². The maximum Gasteiger partial charge on any atom is 0.337 e. The molecule has 2 aromatic heterocycles. The van der Waals surface area contributed by atoms with Crippen LogP contribution in [-0.2, 0) is 0 Å². The van der Waals surface area contributed by atoms with Gasteiger partial charge in [0.05, 0.1) is 47.2 Å². The van der Waals surface area contributed by atoms with E-state index < -0.39 is 17.9 Å². The lowest BCUT2D eigenvalue weighted by Crippen LogP contribution is -2.47. The summed E-state index contributed by atoms with van der Waals surface area (Å²) in [6, 6.07) is 17.1. The van der Waals surface area contributed by atoms with E-state index in [0.29, 0.717) is 29.0 Å². The van der Waals surface area contributed by atoms with Crippen LogP contribution in [0.15, 0.2) is 79.4 Å². The zero-order valence-corrected chi connectivity index (χ0v) is 31.3. The summed E-state index contributed by atoms with van der Waals surface area (Å²) in [5.41, 5.74) is 4.56. The van der Waals surface area contributed by atoms with E-state index in [4.69, 9.17) is 15.3 Å². The van der Waals surface area contributed by atoms with Crippen molar-refractivity contribution in [2.45, 2.75) is 58.5 Å².